The maximum atomic E-state index is 14.0. The lowest BCUT2D eigenvalue weighted by molar-refractivity contribution is 0.0923. The van der Waals surface area contributed by atoms with Crippen molar-refractivity contribution in [1.29, 1.82) is 0 Å². The summed E-state index contributed by atoms with van der Waals surface area (Å²) in [6.07, 6.45) is 0. The standard InChI is InChI=1S/C14H5Br2F2NO2/c15-6-1-2-8-9(3-6)14(21)19(13(8)20)12-10(17)4-7(16)5-11(12)18/h1-5H. The number of amides is 2. The molecule has 3 nitrogen and oxygen atoms in total. The highest BCUT2D eigenvalue weighted by molar-refractivity contribution is 9.10. The first-order chi connectivity index (χ1) is 9.90. The third kappa shape index (κ3) is 2.20. The van der Waals surface area contributed by atoms with E-state index >= 15 is 0 Å². The van der Waals surface area contributed by atoms with E-state index in [9.17, 15) is 18.4 Å². The highest BCUT2D eigenvalue weighted by Gasteiger charge is 2.39. The first-order valence-corrected chi connectivity index (χ1v) is 7.31. The maximum Gasteiger partial charge on any atom is 0.266 e. The van der Waals surface area contributed by atoms with Crippen molar-refractivity contribution in [2.24, 2.45) is 0 Å². The lowest BCUT2D eigenvalue weighted by Gasteiger charge is -2.15. The van der Waals surface area contributed by atoms with Crippen molar-refractivity contribution in [3.05, 3.63) is 62.0 Å². The van der Waals surface area contributed by atoms with E-state index in [0.29, 0.717) is 9.37 Å². The van der Waals surface area contributed by atoms with E-state index < -0.39 is 29.1 Å². The SMILES string of the molecule is O=C1c2ccc(Br)cc2C(=O)N1c1c(F)cc(Br)cc1F. The van der Waals surface area contributed by atoms with Gasteiger partial charge in [0, 0.05) is 8.95 Å². The molecular weight excluding hydrogens is 412 g/mol. The Hall–Kier alpha value is -1.60. The van der Waals surface area contributed by atoms with Gasteiger partial charge in [-0.25, -0.2) is 13.7 Å². The Morgan fingerprint density at radius 2 is 1.38 bits per heavy atom. The van der Waals surface area contributed by atoms with Gasteiger partial charge in [-0.05, 0) is 30.3 Å². The molecule has 0 saturated carbocycles. The molecule has 21 heavy (non-hydrogen) atoms. The molecule has 0 aromatic heterocycles. The molecule has 0 radical (unpaired) electrons. The highest BCUT2D eigenvalue weighted by Crippen LogP contribution is 2.34. The molecule has 7 heteroatoms. The molecule has 106 valence electrons. The number of anilines is 1. The summed E-state index contributed by atoms with van der Waals surface area (Å²) < 4.78 is 28.8. The second kappa shape index (κ2) is 4.99. The molecule has 0 N–H and O–H groups in total. The van der Waals surface area contributed by atoms with Gasteiger partial charge >= 0.3 is 0 Å². The summed E-state index contributed by atoms with van der Waals surface area (Å²) in [5, 5.41) is 0. The summed E-state index contributed by atoms with van der Waals surface area (Å²) in [6.45, 7) is 0. The summed E-state index contributed by atoms with van der Waals surface area (Å²) in [6, 6.07) is 6.47. The van der Waals surface area contributed by atoms with Crippen molar-refractivity contribution in [2.75, 3.05) is 4.90 Å². The Morgan fingerprint density at radius 3 is 2.00 bits per heavy atom. The zero-order valence-electron chi connectivity index (χ0n) is 10.2. The van der Waals surface area contributed by atoms with Gasteiger partial charge in [-0.1, -0.05) is 31.9 Å². The fraction of sp³-hybridized carbons (Fsp3) is 0. The minimum absolute atomic E-state index is 0.107. The summed E-state index contributed by atoms with van der Waals surface area (Å²) in [5.74, 6) is -3.48. The molecule has 2 amide bonds. The first-order valence-electron chi connectivity index (χ1n) is 5.73. The molecule has 0 unspecified atom stereocenters. The molecular formula is C14H5Br2F2NO2. The number of benzene rings is 2. The van der Waals surface area contributed by atoms with E-state index in [-0.39, 0.29) is 15.6 Å². The van der Waals surface area contributed by atoms with Crippen LogP contribution in [0.15, 0.2) is 39.3 Å². The van der Waals surface area contributed by atoms with Crippen LogP contribution in [0.2, 0.25) is 0 Å². The van der Waals surface area contributed by atoms with Crippen LogP contribution in [0, 0.1) is 11.6 Å². The minimum atomic E-state index is -0.990. The number of imide groups is 1. The largest absolute Gasteiger partial charge is 0.268 e. The number of hydrogen-bond donors (Lipinski definition) is 0. The van der Waals surface area contributed by atoms with Crippen LogP contribution in [0.4, 0.5) is 14.5 Å². The molecule has 0 fully saturated rings. The van der Waals surface area contributed by atoms with Crippen LogP contribution in [-0.2, 0) is 0 Å². The second-order valence-corrected chi connectivity index (χ2v) is 6.19. The van der Waals surface area contributed by atoms with Gasteiger partial charge in [-0.2, -0.15) is 0 Å². The first kappa shape index (κ1) is 14.3. The number of rotatable bonds is 1. The Morgan fingerprint density at radius 1 is 0.810 bits per heavy atom. The van der Waals surface area contributed by atoms with Gasteiger partial charge in [0.05, 0.1) is 11.1 Å². The van der Waals surface area contributed by atoms with Crippen LogP contribution >= 0.6 is 31.9 Å². The minimum Gasteiger partial charge on any atom is -0.268 e. The van der Waals surface area contributed by atoms with Crippen molar-refractivity contribution in [3.8, 4) is 0 Å². The number of fused-ring (bicyclic) bond motifs is 1. The second-order valence-electron chi connectivity index (χ2n) is 4.35. The zero-order chi connectivity index (χ0) is 15.3. The molecule has 0 aliphatic carbocycles. The van der Waals surface area contributed by atoms with Crippen molar-refractivity contribution >= 4 is 49.4 Å². The lowest BCUT2D eigenvalue weighted by Crippen LogP contribution is -2.31. The normalized spacial score (nSPS) is 13.8. The number of nitrogens with zero attached hydrogens (tertiary/aromatic N) is 1. The third-order valence-corrected chi connectivity index (χ3v) is 4.00. The fourth-order valence-corrected chi connectivity index (χ4v) is 2.93. The van der Waals surface area contributed by atoms with E-state index in [1.54, 1.807) is 6.07 Å². The van der Waals surface area contributed by atoms with E-state index in [0.717, 1.165) is 12.1 Å². The topological polar surface area (TPSA) is 37.4 Å². The van der Waals surface area contributed by atoms with Crippen molar-refractivity contribution in [2.45, 2.75) is 0 Å². The zero-order valence-corrected chi connectivity index (χ0v) is 13.3. The predicted octanol–water partition coefficient (Wildman–Crippen LogP) is 4.29. The average Bonchev–Trinajstić information content (AvgIpc) is 2.62. The van der Waals surface area contributed by atoms with E-state index in [1.165, 1.54) is 12.1 Å². The van der Waals surface area contributed by atoms with Crippen LogP contribution in [0.25, 0.3) is 0 Å². The van der Waals surface area contributed by atoms with Crippen molar-refractivity contribution in [1.82, 2.24) is 0 Å². The van der Waals surface area contributed by atoms with Gasteiger partial charge in [0.25, 0.3) is 11.8 Å². The van der Waals surface area contributed by atoms with Crippen LogP contribution < -0.4 is 4.90 Å². The summed E-state index contributed by atoms with van der Waals surface area (Å²) in [5.41, 5.74) is -0.443. The molecule has 0 saturated heterocycles. The summed E-state index contributed by atoms with van der Waals surface area (Å²) in [4.78, 5) is 25.1. The summed E-state index contributed by atoms with van der Waals surface area (Å²) >= 11 is 6.14. The van der Waals surface area contributed by atoms with Gasteiger partial charge in [-0.3, -0.25) is 9.59 Å². The fourth-order valence-electron chi connectivity index (χ4n) is 2.16. The van der Waals surface area contributed by atoms with E-state index in [4.69, 9.17) is 0 Å². The average molecular weight is 417 g/mol. The highest BCUT2D eigenvalue weighted by atomic mass is 79.9. The molecule has 0 bridgehead atoms. The van der Waals surface area contributed by atoms with Crippen molar-refractivity contribution in [3.63, 3.8) is 0 Å². The monoisotopic (exact) mass is 415 g/mol. The number of carbonyl (C=O) groups is 2. The van der Waals surface area contributed by atoms with E-state index in [2.05, 4.69) is 31.9 Å². The van der Waals surface area contributed by atoms with Gasteiger partial charge < -0.3 is 0 Å². The number of hydrogen-bond acceptors (Lipinski definition) is 2. The molecule has 2 aromatic carbocycles. The smallest absolute Gasteiger partial charge is 0.266 e. The quantitative estimate of drug-likeness (QED) is 0.650. The molecule has 3 rings (SSSR count). The van der Waals surface area contributed by atoms with Crippen LogP contribution in [0.5, 0.6) is 0 Å². The predicted molar refractivity (Wildman–Crippen MR) is 79.3 cm³/mol. The molecule has 2 aromatic rings. The van der Waals surface area contributed by atoms with Gasteiger partial charge in [-0.15, -0.1) is 0 Å². The lowest BCUT2D eigenvalue weighted by atomic mass is 10.1. The molecule has 0 spiro atoms. The van der Waals surface area contributed by atoms with Crippen LogP contribution in [-0.4, -0.2) is 11.8 Å². The Labute approximate surface area is 134 Å². The van der Waals surface area contributed by atoms with Gasteiger partial charge in [0.2, 0.25) is 0 Å². The summed E-state index contributed by atoms with van der Waals surface area (Å²) in [7, 11) is 0. The Kier molecular flexibility index (Phi) is 3.41. The van der Waals surface area contributed by atoms with E-state index in [1.807, 2.05) is 0 Å². The van der Waals surface area contributed by atoms with Crippen LogP contribution in [0.1, 0.15) is 20.7 Å². The molecule has 1 aliphatic heterocycles. The molecule has 0 atom stereocenters. The maximum absolute atomic E-state index is 14.0. The van der Waals surface area contributed by atoms with Gasteiger partial charge in [0.15, 0.2) is 11.6 Å². The Bertz CT molecular complexity index is 785. The molecule has 1 heterocycles. The number of carbonyl (C=O) groups excluding carboxylic acids is 2. The Balaban J connectivity index is 2.19. The van der Waals surface area contributed by atoms with Gasteiger partial charge in [0.1, 0.15) is 5.69 Å². The number of halogens is 4. The molecule has 1 aliphatic rings. The van der Waals surface area contributed by atoms with Crippen LogP contribution in [0.3, 0.4) is 0 Å². The third-order valence-electron chi connectivity index (χ3n) is 3.05. The van der Waals surface area contributed by atoms with Crippen molar-refractivity contribution < 1.29 is 18.4 Å².